The summed E-state index contributed by atoms with van der Waals surface area (Å²) in [6, 6.07) is 51.2. The Bertz CT molecular complexity index is 2740. The summed E-state index contributed by atoms with van der Waals surface area (Å²) in [4.78, 5) is 14.9. The molecule has 8 aromatic rings. The number of aromatic nitrogens is 4. The van der Waals surface area contributed by atoms with Crippen LogP contribution in [-0.2, 0) is 5.41 Å². The molecule has 2 aromatic heterocycles. The van der Waals surface area contributed by atoms with Crippen molar-refractivity contribution in [2.24, 2.45) is 0 Å². The lowest BCUT2D eigenvalue weighted by atomic mass is 9.82. The Balaban J connectivity index is 1.02. The van der Waals surface area contributed by atoms with Crippen molar-refractivity contribution in [2.75, 3.05) is 0 Å². The third-order valence-electron chi connectivity index (χ3n) is 11.4. The molecule has 1 aliphatic heterocycles. The molecule has 5 nitrogen and oxygen atoms in total. The van der Waals surface area contributed by atoms with Crippen LogP contribution in [0.15, 0.2) is 152 Å². The molecule has 252 valence electrons. The normalized spacial score (nSPS) is 17.1. The van der Waals surface area contributed by atoms with Crippen molar-refractivity contribution in [1.82, 2.24) is 19.5 Å². The van der Waals surface area contributed by atoms with Crippen LogP contribution in [0.5, 0.6) is 5.75 Å². The molecule has 3 aliphatic rings. The first-order valence-corrected chi connectivity index (χ1v) is 18.3. The quantitative estimate of drug-likeness (QED) is 0.185. The second-order valence-electron chi connectivity index (χ2n) is 14.8. The third-order valence-corrected chi connectivity index (χ3v) is 11.4. The maximum absolute atomic E-state index is 6.90. The van der Waals surface area contributed by atoms with Gasteiger partial charge in [-0.05, 0) is 64.7 Å². The number of hydrogen-bond acceptors (Lipinski definition) is 4. The molecular weight excluding hydrogens is 649 g/mol. The maximum atomic E-state index is 6.90. The molecule has 6 aromatic carbocycles. The summed E-state index contributed by atoms with van der Waals surface area (Å²) >= 11 is 0. The van der Waals surface area contributed by atoms with E-state index in [9.17, 15) is 0 Å². The number of rotatable bonds is 4. The zero-order valence-corrected chi connectivity index (χ0v) is 29.4. The van der Waals surface area contributed by atoms with E-state index in [4.69, 9.17) is 19.7 Å². The fourth-order valence-corrected chi connectivity index (χ4v) is 8.86. The highest BCUT2D eigenvalue weighted by Gasteiger charge is 2.41. The Kier molecular flexibility index (Phi) is 6.36. The zero-order valence-electron chi connectivity index (χ0n) is 29.4. The Hall–Kier alpha value is -6.59. The van der Waals surface area contributed by atoms with E-state index in [1.807, 2.05) is 60.7 Å². The van der Waals surface area contributed by atoms with Crippen molar-refractivity contribution in [3.8, 4) is 56.7 Å². The van der Waals surface area contributed by atoms with Crippen molar-refractivity contribution >= 4 is 17.0 Å². The lowest BCUT2D eigenvalue weighted by molar-refractivity contribution is 0.224. The van der Waals surface area contributed by atoms with Gasteiger partial charge in [0.25, 0.3) is 0 Å². The number of hydrogen-bond donors (Lipinski definition) is 0. The van der Waals surface area contributed by atoms with E-state index < -0.39 is 0 Å². The van der Waals surface area contributed by atoms with Crippen LogP contribution in [0, 0.1) is 0 Å². The van der Waals surface area contributed by atoms with Gasteiger partial charge in [0.15, 0.2) is 17.5 Å². The standard InChI is InChI=1S/C48H34N4O/c1-48(2)38-19-11-9-17-33(38)34-23-22-32(28-39(34)48)52-40-20-12-10-18-36(40)43-41(52)25-24-35-37-27-31(21-26-42(37)53-44(35)43)47-50-45(29-13-5-3-6-14-29)49-46(51-47)30-15-7-4-8-16-30/h3-28,35,44H,1-2H3. The van der Waals surface area contributed by atoms with Gasteiger partial charge in [-0.25, -0.2) is 15.0 Å². The molecule has 5 heteroatoms. The van der Waals surface area contributed by atoms with Gasteiger partial charge in [-0.2, -0.15) is 0 Å². The van der Waals surface area contributed by atoms with Gasteiger partial charge in [0.1, 0.15) is 11.9 Å². The molecule has 2 atom stereocenters. The number of fused-ring (bicyclic) bond motifs is 10. The van der Waals surface area contributed by atoms with Crippen LogP contribution in [0.25, 0.3) is 68.0 Å². The summed E-state index contributed by atoms with van der Waals surface area (Å²) in [6.45, 7) is 4.68. The van der Waals surface area contributed by atoms with Crippen molar-refractivity contribution in [1.29, 1.82) is 0 Å². The molecule has 0 saturated heterocycles. The molecule has 0 amide bonds. The first kappa shape index (κ1) is 30.1. The van der Waals surface area contributed by atoms with E-state index in [2.05, 4.69) is 115 Å². The maximum Gasteiger partial charge on any atom is 0.164 e. The van der Waals surface area contributed by atoms with Crippen molar-refractivity contribution in [3.05, 3.63) is 180 Å². The SMILES string of the molecule is CC1(C)c2ccccc2-c2ccc(-n3c4c(c5ccccc53)C3Oc5ccc(-c6nc(-c7ccccc7)nc(-c7ccccc7)n6)cc5C3C=C4)cc21. The number of ether oxygens (including phenoxy) is 1. The highest BCUT2D eigenvalue weighted by molar-refractivity contribution is 5.92. The summed E-state index contributed by atoms with van der Waals surface area (Å²) in [5.41, 5.74) is 14.1. The van der Waals surface area contributed by atoms with Gasteiger partial charge in [0, 0.05) is 50.2 Å². The fourth-order valence-electron chi connectivity index (χ4n) is 8.86. The summed E-state index contributed by atoms with van der Waals surface area (Å²) in [6.07, 6.45) is 4.47. The zero-order chi connectivity index (χ0) is 35.3. The van der Waals surface area contributed by atoms with Crippen molar-refractivity contribution in [3.63, 3.8) is 0 Å². The van der Waals surface area contributed by atoms with Gasteiger partial charge < -0.3 is 9.30 Å². The van der Waals surface area contributed by atoms with Crippen molar-refractivity contribution in [2.45, 2.75) is 31.3 Å². The van der Waals surface area contributed by atoms with Crippen LogP contribution in [-0.4, -0.2) is 19.5 Å². The van der Waals surface area contributed by atoms with Crippen LogP contribution in [0.2, 0.25) is 0 Å². The molecule has 2 aliphatic carbocycles. The van der Waals surface area contributed by atoms with E-state index in [0.29, 0.717) is 17.5 Å². The first-order valence-electron chi connectivity index (χ1n) is 18.3. The number of benzene rings is 6. The molecule has 0 radical (unpaired) electrons. The van der Waals surface area contributed by atoms with E-state index in [1.54, 1.807) is 0 Å². The highest BCUT2D eigenvalue weighted by Crippen LogP contribution is 2.54. The molecule has 53 heavy (non-hydrogen) atoms. The lowest BCUT2D eigenvalue weighted by Gasteiger charge is -2.24. The Labute approximate surface area is 307 Å². The second-order valence-corrected chi connectivity index (χ2v) is 14.8. The minimum Gasteiger partial charge on any atom is -0.484 e. The molecule has 0 bridgehead atoms. The number of para-hydroxylation sites is 1. The largest absolute Gasteiger partial charge is 0.484 e. The van der Waals surface area contributed by atoms with Crippen LogP contribution >= 0.6 is 0 Å². The fraction of sp³-hybridized carbons (Fsp3) is 0.104. The molecular formula is C48H34N4O. The average Bonchev–Trinajstić information content (AvgIpc) is 3.83. The van der Waals surface area contributed by atoms with Crippen LogP contribution in [0.4, 0.5) is 0 Å². The average molecular weight is 683 g/mol. The lowest BCUT2D eigenvalue weighted by Crippen LogP contribution is -2.16. The van der Waals surface area contributed by atoms with E-state index in [1.165, 1.54) is 50.1 Å². The summed E-state index contributed by atoms with van der Waals surface area (Å²) < 4.78 is 9.33. The minimum absolute atomic E-state index is 0.0502. The van der Waals surface area contributed by atoms with E-state index >= 15 is 0 Å². The third kappa shape index (κ3) is 4.47. The molecule has 0 spiro atoms. The van der Waals surface area contributed by atoms with Crippen LogP contribution < -0.4 is 4.74 Å². The molecule has 0 saturated carbocycles. The molecule has 11 rings (SSSR count). The predicted octanol–water partition coefficient (Wildman–Crippen LogP) is 11.4. The van der Waals surface area contributed by atoms with Gasteiger partial charge in [-0.1, -0.05) is 129 Å². The van der Waals surface area contributed by atoms with E-state index in [-0.39, 0.29) is 17.4 Å². The Morgan fingerprint density at radius 1 is 0.585 bits per heavy atom. The summed E-state index contributed by atoms with van der Waals surface area (Å²) in [5, 5.41) is 1.22. The van der Waals surface area contributed by atoms with E-state index in [0.717, 1.165) is 28.0 Å². The summed E-state index contributed by atoms with van der Waals surface area (Å²) in [5.74, 6) is 2.89. The van der Waals surface area contributed by atoms with Gasteiger partial charge in [-0.3, -0.25) is 0 Å². The topological polar surface area (TPSA) is 52.8 Å². The molecule has 0 fully saturated rings. The minimum atomic E-state index is -0.153. The number of nitrogens with zero attached hydrogens (tertiary/aromatic N) is 4. The summed E-state index contributed by atoms with van der Waals surface area (Å²) in [7, 11) is 0. The predicted molar refractivity (Wildman–Crippen MR) is 212 cm³/mol. The monoisotopic (exact) mass is 682 g/mol. The van der Waals surface area contributed by atoms with Gasteiger partial charge in [0.2, 0.25) is 0 Å². The molecule has 2 unspecified atom stereocenters. The Morgan fingerprint density at radius 2 is 1.23 bits per heavy atom. The van der Waals surface area contributed by atoms with Crippen molar-refractivity contribution < 1.29 is 4.74 Å². The first-order chi connectivity index (χ1) is 26.0. The molecule has 3 heterocycles. The van der Waals surface area contributed by atoms with Crippen LogP contribution in [0.1, 0.15) is 53.8 Å². The van der Waals surface area contributed by atoms with Gasteiger partial charge in [0.05, 0.1) is 11.2 Å². The highest BCUT2D eigenvalue weighted by atomic mass is 16.5. The van der Waals surface area contributed by atoms with Crippen LogP contribution in [0.3, 0.4) is 0 Å². The van der Waals surface area contributed by atoms with Gasteiger partial charge in [-0.15, -0.1) is 0 Å². The second kappa shape index (κ2) is 11.2. The smallest absolute Gasteiger partial charge is 0.164 e. The molecule has 0 N–H and O–H groups in total. The van der Waals surface area contributed by atoms with Gasteiger partial charge >= 0.3 is 0 Å². The Morgan fingerprint density at radius 3 is 1.98 bits per heavy atom.